The van der Waals surface area contributed by atoms with E-state index in [-0.39, 0.29) is 24.2 Å². The molecule has 0 radical (unpaired) electrons. The maximum Gasteiger partial charge on any atom is 0.358 e. The predicted octanol–water partition coefficient (Wildman–Crippen LogP) is 0.176. The van der Waals surface area contributed by atoms with Gasteiger partial charge in [0, 0.05) is 13.1 Å². The maximum absolute atomic E-state index is 12.3. The van der Waals surface area contributed by atoms with Gasteiger partial charge in [-0.2, -0.15) is 0 Å². The molecular formula is C13H20N4O4. The standard InChI is InChI=1S/C13H20N4O4/c1-3-4-10-12(13(19)20)14-15-17(10)8-11(18)16-5-6-21-9(2)7-16/h9H,3-8H2,1-2H3,(H,19,20). The molecule has 1 amide bonds. The molecule has 1 aliphatic rings. The minimum atomic E-state index is -1.11. The van der Waals surface area contributed by atoms with Gasteiger partial charge in [-0.05, 0) is 13.3 Å². The molecule has 21 heavy (non-hydrogen) atoms. The highest BCUT2D eigenvalue weighted by Crippen LogP contribution is 2.11. The number of aromatic nitrogens is 3. The maximum atomic E-state index is 12.3. The first kappa shape index (κ1) is 15.4. The van der Waals surface area contributed by atoms with E-state index in [0.29, 0.717) is 31.8 Å². The summed E-state index contributed by atoms with van der Waals surface area (Å²) >= 11 is 0. The van der Waals surface area contributed by atoms with E-state index >= 15 is 0 Å². The van der Waals surface area contributed by atoms with Crippen molar-refractivity contribution >= 4 is 11.9 Å². The second kappa shape index (κ2) is 6.66. The molecule has 116 valence electrons. The van der Waals surface area contributed by atoms with Crippen LogP contribution in [-0.4, -0.2) is 62.7 Å². The van der Waals surface area contributed by atoms with Gasteiger partial charge in [0.25, 0.3) is 0 Å². The monoisotopic (exact) mass is 296 g/mol. The molecule has 1 fully saturated rings. The minimum Gasteiger partial charge on any atom is -0.476 e. The molecule has 1 aromatic heterocycles. The molecule has 0 aromatic carbocycles. The third-order valence-corrected chi connectivity index (χ3v) is 3.41. The molecule has 1 aromatic rings. The van der Waals surface area contributed by atoms with Gasteiger partial charge < -0.3 is 14.7 Å². The van der Waals surface area contributed by atoms with E-state index < -0.39 is 5.97 Å². The van der Waals surface area contributed by atoms with Crippen molar-refractivity contribution in [1.29, 1.82) is 0 Å². The van der Waals surface area contributed by atoms with Crippen LogP contribution in [0.1, 0.15) is 36.5 Å². The topological polar surface area (TPSA) is 97.5 Å². The summed E-state index contributed by atoms with van der Waals surface area (Å²) in [4.78, 5) is 25.1. The van der Waals surface area contributed by atoms with Gasteiger partial charge in [0.1, 0.15) is 6.54 Å². The van der Waals surface area contributed by atoms with Crippen molar-refractivity contribution in [3.8, 4) is 0 Å². The Labute approximate surface area is 122 Å². The fraction of sp³-hybridized carbons (Fsp3) is 0.692. The van der Waals surface area contributed by atoms with Crippen molar-refractivity contribution in [2.24, 2.45) is 0 Å². The predicted molar refractivity (Wildman–Crippen MR) is 73.0 cm³/mol. The lowest BCUT2D eigenvalue weighted by Crippen LogP contribution is -2.46. The molecule has 1 N–H and O–H groups in total. The first-order valence-corrected chi connectivity index (χ1v) is 7.08. The Morgan fingerprint density at radius 1 is 1.48 bits per heavy atom. The van der Waals surface area contributed by atoms with Crippen LogP contribution >= 0.6 is 0 Å². The van der Waals surface area contributed by atoms with E-state index in [1.165, 1.54) is 4.68 Å². The quantitative estimate of drug-likeness (QED) is 0.832. The Balaban J connectivity index is 2.11. The van der Waals surface area contributed by atoms with Crippen molar-refractivity contribution < 1.29 is 19.4 Å². The summed E-state index contributed by atoms with van der Waals surface area (Å²) < 4.78 is 6.80. The van der Waals surface area contributed by atoms with Crippen molar-refractivity contribution in [2.45, 2.75) is 39.3 Å². The first-order chi connectivity index (χ1) is 10.0. The van der Waals surface area contributed by atoms with Crippen molar-refractivity contribution in [3.63, 3.8) is 0 Å². The Morgan fingerprint density at radius 3 is 2.86 bits per heavy atom. The highest BCUT2D eigenvalue weighted by Gasteiger charge is 2.24. The number of amides is 1. The van der Waals surface area contributed by atoms with E-state index in [1.807, 2.05) is 13.8 Å². The third kappa shape index (κ3) is 3.57. The molecule has 8 nitrogen and oxygen atoms in total. The van der Waals surface area contributed by atoms with Crippen LogP contribution in [0.2, 0.25) is 0 Å². The molecule has 0 bridgehead atoms. The molecule has 1 unspecified atom stereocenters. The van der Waals surface area contributed by atoms with E-state index in [2.05, 4.69) is 10.3 Å². The van der Waals surface area contributed by atoms with E-state index in [9.17, 15) is 9.59 Å². The average Bonchev–Trinajstić information content (AvgIpc) is 2.82. The molecular weight excluding hydrogens is 276 g/mol. The van der Waals surface area contributed by atoms with Gasteiger partial charge >= 0.3 is 5.97 Å². The molecule has 1 aliphatic heterocycles. The number of carbonyl (C=O) groups is 2. The summed E-state index contributed by atoms with van der Waals surface area (Å²) in [5, 5.41) is 16.6. The van der Waals surface area contributed by atoms with Gasteiger partial charge in [0.2, 0.25) is 5.91 Å². The lowest BCUT2D eigenvalue weighted by molar-refractivity contribution is -0.139. The number of morpholine rings is 1. The number of aromatic carboxylic acids is 1. The minimum absolute atomic E-state index is 0.0162. The summed E-state index contributed by atoms with van der Waals surface area (Å²) in [5.74, 6) is -1.21. The lowest BCUT2D eigenvalue weighted by Gasteiger charge is -2.31. The molecule has 8 heteroatoms. The normalized spacial score (nSPS) is 18.8. The molecule has 1 atom stereocenters. The Hall–Kier alpha value is -1.96. The van der Waals surface area contributed by atoms with Gasteiger partial charge in [-0.3, -0.25) is 4.79 Å². The zero-order valence-electron chi connectivity index (χ0n) is 12.3. The van der Waals surface area contributed by atoms with Crippen LogP contribution in [0.4, 0.5) is 0 Å². The SMILES string of the molecule is CCCc1c(C(=O)O)nnn1CC(=O)N1CCOC(C)C1. The van der Waals surface area contributed by atoms with Crippen LogP contribution in [0, 0.1) is 0 Å². The summed E-state index contributed by atoms with van der Waals surface area (Å²) in [6, 6.07) is 0. The van der Waals surface area contributed by atoms with Crippen LogP contribution in [0.3, 0.4) is 0 Å². The van der Waals surface area contributed by atoms with Crippen molar-refractivity contribution in [1.82, 2.24) is 19.9 Å². The van der Waals surface area contributed by atoms with Crippen molar-refractivity contribution in [2.75, 3.05) is 19.7 Å². The highest BCUT2D eigenvalue weighted by molar-refractivity contribution is 5.86. The second-order valence-corrected chi connectivity index (χ2v) is 5.12. The largest absolute Gasteiger partial charge is 0.476 e. The van der Waals surface area contributed by atoms with Crippen LogP contribution in [0.15, 0.2) is 0 Å². The highest BCUT2D eigenvalue weighted by atomic mass is 16.5. The lowest BCUT2D eigenvalue weighted by atomic mass is 10.2. The number of rotatable bonds is 5. The van der Waals surface area contributed by atoms with Crippen LogP contribution in [0.5, 0.6) is 0 Å². The summed E-state index contributed by atoms with van der Waals surface area (Å²) in [7, 11) is 0. The van der Waals surface area contributed by atoms with Gasteiger partial charge in [-0.15, -0.1) is 5.10 Å². The Kier molecular flexibility index (Phi) is 4.89. The number of carboxylic acid groups (broad SMARTS) is 1. The number of ether oxygens (including phenoxy) is 1. The molecule has 1 saturated heterocycles. The van der Waals surface area contributed by atoms with E-state index in [0.717, 1.165) is 6.42 Å². The van der Waals surface area contributed by atoms with Crippen LogP contribution in [0.25, 0.3) is 0 Å². The Bertz CT molecular complexity index is 528. The number of nitrogens with zero attached hydrogens (tertiary/aromatic N) is 4. The van der Waals surface area contributed by atoms with Crippen LogP contribution < -0.4 is 0 Å². The fourth-order valence-corrected chi connectivity index (χ4v) is 2.38. The molecule has 0 aliphatic carbocycles. The van der Waals surface area contributed by atoms with Crippen molar-refractivity contribution in [3.05, 3.63) is 11.4 Å². The molecule has 2 heterocycles. The second-order valence-electron chi connectivity index (χ2n) is 5.12. The summed E-state index contributed by atoms with van der Waals surface area (Å²) in [5.41, 5.74) is 0.430. The summed E-state index contributed by atoms with van der Waals surface area (Å²) in [6.07, 6.45) is 1.31. The van der Waals surface area contributed by atoms with Gasteiger partial charge in [-0.1, -0.05) is 18.6 Å². The van der Waals surface area contributed by atoms with E-state index in [4.69, 9.17) is 9.84 Å². The average molecular weight is 296 g/mol. The van der Waals surface area contributed by atoms with Gasteiger partial charge in [0.15, 0.2) is 5.69 Å². The molecule has 0 saturated carbocycles. The smallest absolute Gasteiger partial charge is 0.358 e. The van der Waals surface area contributed by atoms with Crippen LogP contribution in [-0.2, 0) is 22.5 Å². The number of hydrogen-bond acceptors (Lipinski definition) is 5. The third-order valence-electron chi connectivity index (χ3n) is 3.41. The van der Waals surface area contributed by atoms with E-state index in [1.54, 1.807) is 4.90 Å². The number of carbonyl (C=O) groups excluding carboxylic acids is 1. The molecule has 2 rings (SSSR count). The van der Waals surface area contributed by atoms with Gasteiger partial charge in [0.05, 0.1) is 18.4 Å². The zero-order valence-corrected chi connectivity index (χ0v) is 12.3. The number of carboxylic acids is 1. The first-order valence-electron chi connectivity index (χ1n) is 7.08. The summed E-state index contributed by atoms with van der Waals surface area (Å²) in [6.45, 7) is 5.48. The number of hydrogen-bond donors (Lipinski definition) is 1. The molecule has 0 spiro atoms. The fourth-order valence-electron chi connectivity index (χ4n) is 2.38. The van der Waals surface area contributed by atoms with Gasteiger partial charge in [-0.25, -0.2) is 9.48 Å². The Morgan fingerprint density at radius 2 is 2.24 bits per heavy atom. The zero-order chi connectivity index (χ0) is 15.4.